The van der Waals surface area contributed by atoms with Crippen molar-refractivity contribution in [2.75, 3.05) is 18.0 Å². The van der Waals surface area contributed by atoms with Gasteiger partial charge in [-0.3, -0.25) is 14.6 Å². The molecule has 3 heterocycles. The number of carbonyl (C=O) groups is 2. The SMILES string of the molecule is Cc1cnc2c(c1)N(C(=O)C[C@H]1CCC(=O)NC1)CC2. The van der Waals surface area contributed by atoms with Gasteiger partial charge < -0.3 is 10.2 Å². The molecule has 5 heteroatoms. The Balaban J connectivity index is 1.67. The molecule has 2 aliphatic rings. The Kier molecular flexibility index (Phi) is 3.42. The van der Waals surface area contributed by atoms with Gasteiger partial charge in [0, 0.05) is 38.5 Å². The zero-order chi connectivity index (χ0) is 14.1. The zero-order valence-electron chi connectivity index (χ0n) is 11.7. The number of rotatable bonds is 2. The van der Waals surface area contributed by atoms with E-state index in [0.29, 0.717) is 19.4 Å². The summed E-state index contributed by atoms with van der Waals surface area (Å²) in [5.74, 6) is 0.513. The minimum atomic E-state index is 0.0973. The summed E-state index contributed by atoms with van der Waals surface area (Å²) >= 11 is 0. The summed E-state index contributed by atoms with van der Waals surface area (Å²) in [6.45, 7) is 3.34. The fraction of sp³-hybridized carbons (Fsp3) is 0.533. The molecule has 1 aromatic heterocycles. The van der Waals surface area contributed by atoms with Crippen LogP contribution in [0.2, 0.25) is 0 Å². The topological polar surface area (TPSA) is 62.3 Å². The summed E-state index contributed by atoms with van der Waals surface area (Å²) in [4.78, 5) is 29.8. The minimum Gasteiger partial charge on any atom is -0.356 e. The smallest absolute Gasteiger partial charge is 0.227 e. The first-order valence-electron chi connectivity index (χ1n) is 7.16. The van der Waals surface area contributed by atoms with Gasteiger partial charge in [-0.25, -0.2) is 0 Å². The molecule has 0 aliphatic carbocycles. The Hall–Kier alpha value is -1.91. The summed E-state index contributed by atoms with van der Waals surface area (Å²) in [5.41, 5.74) is 3.06. The lowest BCUT2D eigenvalue weighted by atomic mass is 9.95. The van der Waals surface area contributed by atoms with E-state index in [1.54, 1.807) is 0 Å². The predicted molar refractivity (Wildman–Crippen MR) is 75.4 cm³/mol. The first-order valence-corrected chi connectivity index (χ1v) is 7.16. The van der Waals surface area contributed by atoms with Crippen molar-refractivity contribution in [1.82, 2.24) is 10.3 Å². The van der Waals surface area contributed by atoms with Gasteiger partial charge in [-0.2, -0.15) is 0 Å². The quantitative estimate of drug-likeness (QED) is 0.880. The van der Waals surface area contributed by atoms with Crippen LogP contribution in [0, 0.1) is 12.8 Å². The highest BCUT2D eigenvalue weighted by Crippen LogP contribution is 2.28. The van der Waals surface area contributed by atoms with Crippen LogP contribution >= 0.6 is 0 Å². The summed E-state index contributed by atoms with van der Waals surface area (Å²) in [7, 11) is 0. The van der Waals surface area contributed by atoms with Gasteiger partial charge in [0.15, 0.2) is 0 Å². The summed E-state index contributed by atoms with van der Waals surface area (Å²) < 4.78 is 0. The minimum absolute atomic E-state index is 0.0973. The second-order valence-electron chi connectivity index (χ2n) is 5.69. The molecule has 1 aromatic rings. The maximum absolute atomic E-state index is 12.5. The molecular weight excluding hydrogens is 254 g/mol. The maximum Gasteiger partial charge on any atom is 0.227 e. The molecule has 1 fully saturated rings. The molecule has 0 radical (unpaired) electrons. The predicted octanol–water partition coefficient (Wildman–Crippen LogP) is 1.20. The standard InChI is InChI=1S/C15H19N3O2/c1-10-6-13-12(16-8-10)4-5-18(13)15(20)7-11-2-3-14(19)17-9-11/h6,8,11H,2-5,7,9H2,1H3,(H,17,19)/t11-/m1/s1. The molecule has 0 saturated carbocycles. The van der Waals surface area contributed by atoms with Crippen molar-refractivity contribution in [1.29, 1.82) is 0 Å². The molecule has 0 spiro atoms. The van der Waals surface area contributed by atoms with E-state index in [2.05, 4.69) is 10.3 Å². The average molecular weight is 273 g/mol. The second-order valence-corrected chi connectivity index (χ2v) is 5.69. The Morgan fingerprint density at radius 2 is 2.35 bits per heavy atom. The largest absolute Gasteiger partial charge is 0.356 e. The van der Waals surface area contributed by atoms with E-state index in [1.165, 1.54) is 0 Å². The van der Waals surface area contributed by atoms with Crippen LogP contribution in [0.3, 0.4) is 0 Å². The van der Waals surface area contributed by atoms with Gasteiger partial charge in [-0.1, -0.05) is 0 Å². The number of hydrogen-bond donors (Lipinski definition) is 1. The molecule has 1 atom stereocenters. The molecule has 20 heavy (non-hydrogen) atoms. The third kappa shape index (κ3) is 2.53. The van der Waals surface area contributed by atoms with Crippen molar-refractivity contribution in [3.05, 3.63) is 23.5 Å². The lowest BCUT2D eigenvalue weighted by molar-refractivity contribution is -0.125. The number of nitrogens with zero attached hydrogens (tertiary/aromatic N) is 2. The lowest BCUT2D eigenvalue weighted by Crippen LogP contribution is -2.38. The third-order valence-corrected chi connectivity index (χ3v) is 4.08. The van der Waals surface area contributed by atoms with Crippen molar-refractivity contribution in [2.45, 2.75) is 32.6 Å². The molecule has 5 nitrogen and oxygen atoms in total. The first kappa shape index (κ1) is 13.1. The van der Waals surface area contributed by atoms with E-state index in [-0.39, 0.29) is 17.7 Å². The number of amides is 2. The van der Waals surface area contributed by atoms with Gasteiger partial charge in [0.25, 0.3) is 0 Å². The number of carbonyl (C=O) groups excluding carboxylic acids is 2. The fourth-order valence-electron chi connectivity index (χ4n) is 2.92. The van der Waals surface area contributed by atoms with Gasteiger partial charge in [-0.05, 0) is 30.9 Å². The highest BCUT2D eigenvalue weighted by Gasteiger charge is 2.28. The maximum atomic E-state index is 12.5. The van der Waals surface area contributed by atoms with Gasteiger partial charge in [0.1, 0.15) is 0 Å². The highest BCUT2D eigenvalue weighted by atomic mass is 16.2. The molecule has 2 aliphatic heterocycles. The van der Waals surface area contributed by atoms with E-state index in [0.717, 1.165) is 36.3 Å². The van der Waals surface area contributed by atoms with Crippen molar-refractivity contribution in [3.63, 3.8) is 0 Å². The van der Waals surface area contributed by atoms with Crippen LogP contribution in [0.4, 0.5) is 5.69 Å². The van der Waals surface area contributed by atoms with Crippen LogP contribution in [0.25, 0.3) is 0 Å². The van der Waals surface area contributed by atoms with E-state index < -0.39 is 0 Å². The van der Waals surface area contributed by atoms with Crippen molar-refractivity contribution in [3.8, 4) is 0 Å². The molecule has 106 valence electrons. The number of anilines is 1. The van der Waals surface area contributed by atoms with Crippen LogP contribution in [0.1, 0.15) is 30.5 Å². The second kappa shape index (κ2) is 5.23. The Labute approximate surface area is 118 Å². The number of fused-ring (bicyclic) bond motifs is 1. The molecular formula is C15H19N3O2. The van der Waals surface area contributed by atoms with Crippen molar-refractivity contribution < 1.29 is 9.59 Å². The van der Waals surface area contributed by atoms with E-state index >= 15 is 0 Å². The molecule has 1 N–H and O–H groups in total. The monoisotopic (exact) mass is 273 g/mol. The van der Waals surface area contributed by atoms with Crippen LogP contribution in [-0.4, -0.2) is 29.9 Å². The summed E-state index contributed by atoms with van der Waals surface area (Å²) in [6, 6.07) is 2.04. The number of pyridine rings is 1. The first-order chi connectivity index (χ1) is 9.63. The lowest BCUT2D eigenvalue weighted by Gasteiger charge is -2.24. The van der Waals surface area contributed by atoms with Crippen LogP contribution in [0.5, 0.6) is 0 Å². The summed E-state index contributed by atoms with van der Waals surface area (Å²) in [6.07, 6.45) is 4.54. The number of aryl methyl sites for hydroxylation is 1. The number of hydrogen-bond acceptors (Lipinski definition) is 3. The number of nitrogens with one attached hydrogen (secondary N) is 1. The van der Waals surface area contributed by atoms with Gasteiger partial charge in [-0.15, -0.1) is 0 Å². The molecule has 0 unspecified atom stereocenters. The van der Waals surface area contributed by atoms with Gasteiger partial charge in [0.2, 0.25) is 11.8 Å². The van der Waals surface area contributed by atoms with Crippen molar-refractivity contribution in [2.24, 2.45) is 5.92 Å². The van der Waals surface area contributed by atoms with Crippen LogP contribution in [0.15, 0.2) is 12.3 Å². The Morgan fingerprint density at radius 3 is 3.10 bits per heavy atom. The zero-order valence-corrected chi connectivity index (χ0v) is 11.7. The number of aromatic nitrogens is 1. The van der Waals surface area contributed by atoms with E-state index in [1.807, 2.05) is 24.1 Å². The molecule has 0 bridgehead atoms. The third-order valence-electron chi connectivity index (χ3n) is 4.08. The molecule has 3 rings (SSSR count). The molecule has 1 saturated heterocycles. The molecule has 0 aromatic carbocycles. The van der Waals surface area contributed by atoms with E-state index in [9.17, 15) is 9.59 Å². The summed E-state index contributed by atoms with van der Waals surface area (Å²) in [5, 5.41) is 2.83. The fourth-order valence-corrected chi connectivity index (χ4v) is 2.92. The number of piperidine rings is 1. The van der Waals surface area contributed by atoms with Crippen LogP contribution in [-0.2, 0) is 16.0 Å². The van der Waals surface area contributed by atoms with E-state index in [4.69, 9.17) is 0 Å². The normalized spacial score (nSPS) is 21.6. The van der Waals surface area contributed by atoms with Crippen LogP contribution < -0.4 is 10.2 Å². The van der Waals surface area contributed by atoms with Crippen molar-refractivity contribution >= 4 is 17.5 Å². The Morgan fingerprint density at radius 1 is 1.50 bits per heavy atom. The average Bonchev–Trinajstić information content (AvgIpc) is 2.84. The Bertz CT molecular complexity index is 546. The highest BCUT2D eigenvalue weighted by molar-refractivity contribution is 5.95. The molecule has 2 amide bonds. The van der Waals surface area contributed by atoms with Gasteiger partial charge >= 0.3 is 0 Å². The van der Waals surface area contributed by atoms with Gasteiger partial charge in [0.05, 0.1) is 11.4 Å².